The molecule has 0 aromatic carbocycles. The van der Waals surface area contributed by atoms with Crippen molar-refractivity contribution in [3.63, 3.8) is 0 Å². The van der Waals surface area contributed by atoms with Crippen LogP contribution in [-0.2, 0) is 24.4 Å². The summed E-state index contributed by atoms with van der Waals surface area (Å²) in [6, 6.07) is 3.74. The number of carbonyl (C=O) groups excluding carboxylic acids is 1. The van der Waals surface area contributed by atoms with E-state index in [9.17, 15) is 9.90 Å². The second-order valence-electron chi connectivity index (χ2n) is 7.07. The van der Waals surface area contributed by atoms with Crippen molar-refractivity contribution in [2.75, 3.05) is 6.54 Å². The second-order valence-corrected chi connectivity index (χ2v) is 7.07. The van der Waals surface area contributed by atoms with Gasteiger partial charge in [0.05, 0.1) is 12.3 Å². The zero-order chi connectivity index (χ0) is 18.1. The molecule has 2 aromatic heterocycles. The number of ether oxygens (including phenoxy) is 1. The lowest BCUT2D eigenvalue weighted by Gasteiger charge is -2.36. The first-order chi connectivity index (χ1) is 12.6. The monoisotopic (exact) mass is 357 g/mol. The third kappa shape index (κ3) is 3.29. The maximum absolute atomic E-state index is 12.7. The molecule has 26 heavy (non-hydrogen) atoms. The summed E-state index contributed by atoms with van der Waals surface area (Å²) in [6.07, 6.45) is 4.87. The number of rotatable bonds is 4. The van der Waals surface area contributed by atoms with Gasteiger partial charge < -0.3 is 19.3 Å². The average Bonchev–Trinajstić information content (AvgIpc) is 2.91. The van der Waals surface area contributed by atoms with Crippen LogP contribution in [0.15, 0.2) is 24.5 Å². The van der Waals surface area contributed by atoms with E-state index in [1.54, 1.807) is 12.4 Å². The molecule has 0 spiro atoms. The first-order valence-corrected chi connectivity index (χ1v) is 9.04. The number of aliphatic hydroxyl groups excluding tert-OH is 1. The Kier molecular flexibility index (Phi) is 4.58. The highest BCUT2D eigenvalue weighted by molar-refractivity contribution is 5.80. The van der Waals surface area contributed by atoms with Crippen molar-refractivity contribution >= 4 is 5.91 Å². The topological polar surface area (TPSA) is 93.4 Å². The lowest BCUT2D eigenvalue weighted by Crippen LogP contribution is -2.48. The molecule has 1 amide bonds. The zero-order valence-electron chi connectivity index (χ0n) is 14.8. The average molecular weight is 357 g/mol. The van der Waals surface area contributed by atoms with Crippen molar-refractivity contribution in [3.8, 4) is 5.75 Å². The van der Waals surface area contributed by atoms with Crippen LogP contribution in [0, 0.1) is 5.92 Å². The molecule has 0 bridgehead atoms. The second kappa shape index (κ2) is 7.03. The number of hydrogen-bond donors (Lipinski definition) is 1. The van der Waals surface area contributed by atoms with Crippen molar-refractivity contribution in [2.24, 2.45) is 5.92 Å². The molecule has 1 N–H and O–H groups in total. The standard InChI is InChI=1S/C18H23N5O3/c1-12-7-16-20-21-17(11-26-15-3-2-4-19-10-15)23(16)6-5-22(12)18(25)13-8-14(24)9-13/h2-4,10,12-14,24H,5-9,11H2,1H3. The number of carbonyl (C=O) groups is 1. The summed E-state index contributed by atoms with van der Waals surface area (Å²) in [6.45, 7) is 3.63. The molecule has 2 aromatic rings. The van der Waals surface area contributed by atoms with Gasteiger partial charge in [-0.25, -0.2) is 0 Å². The van der Waals surface area contributed by atoms with E-state index in [1.807, 2.05) is 24.0 Å². The van der Waals surface area contributed by atoms with Gasteiger partial charge >= 0.3 is 0 Å². The Balaban J connectivity index is 1.43. The lowest BCUT2D eigenvalue weighted by atomic mass is 9.81. The van der Waals surface area contributed by atoms with Gasteiger partial charge in [-0.15, -0.1) is 10.2 Å². The Labute approximate surface area is 151 Å². The molecule has 0 saturated heterocycles. The van der Waals surface area contributed by atoms with Crippen LogP contribution in [0.3, 0.4) is 0 Å². The number of aliphatic hydroxyl groups is 1. The van der Waals surface area contributed by atoms with E-state index in [1.165, 1.54) is 0 Å². The van der Waals surface area contributed by atoms with E-state index in [0.29, 0.717) is 44.7 Å². The van der Waals surface area contributed by atoms with E-state index in [2.05, 4.69) is 19.7 Å². The van der Waals surface area contributed by atoms with Crippen LogP contribution in [0.5, 0.6) is 5.75 Å². The number of hydrogen-bond acceptors (Lipinski definition) is 6. The minimum atomic E-state index is -0.317. The molecule has 1 saturated carbocycles. The lowest BCUT2D eigenvalue weighted by molar-refractivity contribution is -0.144. The summed E-state index contributed by atoms with van der Waals surface area (Å²) < 4.78 is 7.79. The summed E-state index contributed by atoms with van der Waals surface area (Å²) in [4.78, 5) is 18.7. The van der Waals surface area contributed by atoms with Crippen LogP contribution in [0.2, 0.25) is 0 Å². The van der Waals surface area contributed by atoms with Gasteiger partial charge in [0.1, 0.15) is 18.2 Å². The minimum Gasteiger partial charge on any atom is -0.484 e. The number of nitrogens with zero attached hydrogens (tertiary/aromatic N) is 5. The van der Waals surface area contributed by atoms with Gasteiger partial charge in [0, 0.05) is 37.7 Å². The van der Waals surface area contributed by atoms with Crippen LogP contribution in [-0.4, -0.2) is 54.4 Å². The largest absolute Gasteiger partial charge is 0.484 e. The molecular formula is C18H23N5O3. The third-order valence-corrected chi connectivity index (χ3v) is 5.23. The highest BCUT2D eigenvalue weighted by Gasteiger charge is 2.38. The fourth-order valence-corrected chi connectivity index (χ4v) is 3.62. The fraction of sp³-hybridized carbons (Fsp3) is 0.556. The molecule has 2 aliphatic rings. The maximum Gasteiger partial charge on any atom is 0.226 e. The zero-order valence-corrected chi connectivity index (χ0v) is 14.8. The van der Waals surface area contributed by atoms with Crippen molar-refractivity contribution in [3.05, 3.63) is 36.2 Å². The van der Waals surface area contributed by atoms with Crippen molar-refractivity contribution in [1.29, 1.82) is 0 Å². The smallest absolute Gasteiger partial charge is 0.226 e. The predicted molar refractivity (Wildman–Crippen MR) is 92.2 cm³/mol. The normalized spacial score (nSPS) is 25.2. The van der Waals surface area contributed by atoms with Crippen LogP contribution in [0.4, 0.5) is 0 Å². The first-order valence-electron chi connectivity index (χ1n) is 9.04. The first kappa shape index (κ1) is 17.0. The summed E-state index contributed by atoms with van der Waals surface area (Å²) in [5, 5.41) is 18.0. The molecule has 1 aliphatic heterocycles. The van der Waals surface area contributed by atoms with Gasteiger partial charge in [-0.2, -0.15) is 0 Å². The Hall–Kier alpha value is -2.48. The van der Waals surface area contributed by atoms with Crippen LogP contribution >= 0.6 is 0 Å². The van der Waals surface area contributed by atoms with Crippen molar-refractivity contribution in [2.45, 2.75) is 51.5 Å². The van der Waals surface area contributed by atoms with Crippen LogP contribution < -0.4 is 4.74 Å². The number of fused-ring (bicyclic) bond motifs is 1. The molecule has 0 radical (unpaired) electrons. The van der Waals surface area contributed by atoms with E-state index in [4.69, 9.17) is 4.74 Å². The predicted octanol–water partition coefficient (Wildman–Crippen LogP) is 0.796. The Morgan fingerprint density at radius 2 is 2.19 bits per heavy atom. The third-order valence-electron chi connectivity index (χ3n) is 5.23. The highest BCUT2D eigenvalue weighted by Crippen LogP contribution is 2.30. The molecule has 1 aliphatic carbocycles. The molecule has 4 rings (SSSR count). The number of amides is 1. The molecule has 1 fully saturated rings. The summed E-state index contributed by atoms with van der Waals surface area (Å²) in [5.74, 6) is 2.43. The van der Waals surface area contributed by atoms with Gasteiger partial charge in [0.25, 0.3) is 0 Å². The Morgan fingerprint density at radius 3 is 2.92 bits per heavy atom. The van der Waals surface area contributed by atoms with E-state index >= 15 is 0 Å². The van der Waals surface area contributed by atoms with Crippen LogP contribution in [0.25, 0.3) is 0 Å². The van der Waals surface area contributed by atoms with E-state index in [0.717, 1.165) is 11.6 Å². The molecular weight excluding hydrogens is 334 g/mol. The molecule has 8 nitrogen and oxygen atoms in total. The maximum atomic E-state index is 12.7. The summed E-state index contributed by atoms with van der Waals surface area (Å²) in [7, 11) is 0. The molecule has 3 heterocycles. The van der Waals surface area contributed by atoms with Crippen LogP contribution in [0.1, 0.15) is 31.4 Å². The quantitative estimate of drug-likeness (QED) is 0.870. The summed E-state index contributed by atoms with van der Waals surface area (Å²) in [5.41, 5.74) is 0. The van der Waals surface area contributed by atoms with E-state index < -0.39 is 0 Å². The molecule has 1 atom stereocenters. The number of aromatic nitrogens is 4. The summed E-state index contributed by atoms with van der Waals surface area (Å²) >= 11 is 0. The SMILES string of the molecule is CC1Cc2nnc(COc3cccnc3)n2CCN1C(=O)C1CC(O)C1. The Bertz CT molecular complexity index is 772. The van der Waals surface area contributed by atoms with Gasteiger partial charge in [-0.05, 0) is 31.9 Å². The van der Waals surface area contributed by atoms with Gasteiger partial charge in [-0.1, -0.05) is 0 Å². The minimum absolute atomic E-state index is 0.0376. The fourth-order valence-electron chi connectivity index (χ4n) is 3.62. The van der Waals surface area contributed by atoms with Gasteiger partial charge in [-0.3, -0.25) is 9.78 Å². The van der Waals surface area contributed by atoms with Crippen molar-refractivity contribution < 1.29 is 14.6 Å². The highest BCUT2D eigenvalue weighted by atomic mass is 16.5. The van der Waals surface area contributed by atoms with Crippen molar-refractivity contribution in [1.82, 2.24) is 24.6 Å². The molecule has 1 unspecified atom stereocenters. The molecule has 138 valence electrons. The Morgan fingerprint density at radius 1 is 1.35 bits per heavy atom. The van der Waals surface area contributed by atoms with E-state index in [-0.39, 0.29) is 24.0 Å². The molecule has 8 heteroatoms. The number of pyridine rings is 1. The van der Waals surface area contributed by atoms with Gasteiger partial charge in [0.15, 0.2) is 5.82 Å². The van der Waals surface area contributed by atoms with Gasteiger partial charge in [0.2, 0.25) is 5.91 Å².